The lowest BCUT2D eigenvalue weighted by atomic mass is 10.1. The Morgan fingerprint density at radius 1 is 1.50 bits per heavy atom. The molecular weight excluding hydrogens is 258 g/mol. The summed E-state index contributed by atoms with van der Waals surface area (Å²) in [5, 5.41) is 0. The number of allylic oxidation sites excluding steroid dienone is 1. The highest BCUT2D eigenvalue weighted by atomic mass is 16.5. The molecular formula is C14H19N3O3. The Morgan fingerprint density at radius 2 is 2.25 bits per heavy atom. The van der Waals surface area contributed by atoms with E-state index in [4.69, 9.17) is 4.74 Å². The number of aliphatic imine (C=N–C) groups is 1. The van der Waals surface area contributed by atoms with Crippen molar-refractivity contribution in [1.82, 2.24) is 9.13 Å². The van der Waals surface area contributed by atoms with Gasteiger partial charge >= 0.3 is 5.69 Å². The molecule has 0 amide bonds. The van der Waals surface area contributed by atoms with E-state index in [0.717, 1.165) is 6.42 Å². The predicted octanol–water partition coefficient (Wildman–Crippen LogP) is 0.949. The molecule has 1 fully saturated rings. The van der Waals surface area contributed by atoms with Crippen LogP contribution in [-0.4, -0.2) is 29.1 Å². The monoisotopic (exact) mass is 277 g/mol. The van der Waals surface area contributed by atoms with Gasteiger partial charge in [-0.1, -0.05) is 6.08 Å². The summed E-state index contributed by atoms with van der Waals surface area (Å²) in [6.07, 6.45) is 4.28. The van der Waals surface area contributed by atoms with Gasteiger partial charge in [0.2, 0.25) is 0 Å². The van der Waals surface area contributed by atoms with Gasteiger partial charge in [0, 0.05) is 26.1 Å². The Labute approximate surface area is 117 Å². The van der Waals surface area contributed by atoms with E-state index in [1.165, 1.54) is 9.13 Å². The minimum atomic E-state index is -0.363. The van der Waals surface area contributed by atoms with Gasteiger partial charge < -0.3 is 4.74 Å². The first-order valence-corrected chi connectivity index (χ1v) is 6.61. The van der Waals surface area contributed by atoms with E-state index in [0.29, 0.717) is 31.1 Å². The summed E-state index contributed by atoms with van der Waals surface area (Å²) < 4.78 is 7.92. The maximum Gasteiger partial charge on any atom is 0.332 e. The minimum absolute atomic E-state index is 0.210. The van der Waals surface area contributed by atoms with Crippen LogP contribution >= 0.6 is 0 Å². The van der Waals surface area contributed by atoms with Crippen molar-refractivity contribution in [2.75, 3.05) is 13.2 Å². The third kappa shape index (κ3) is 2.51. The van der Waals surface area contributed by atoms with Crippen molar-refractivity contribution in [3.05, 3.63) is 32.5 Å². The molecule has 1 unspecified atom stereocenters. The van der Waals surface area contributed by atoms with Crippen molar-refractivity contribution in [2.24, 2.45) is 18.0 Å². The lowest BCUT2D eigenvalue weighted by Crippen LogP contribution is -2.41. The van der Waals surface area contributed by atoms with Gasteiger partial charge in [0.05, 0.1) is 12.2 Å². The number of hydrogen-bond acceptors (Lipinski definition) is 4. The van der Waals surface area contributed by atoms with Gasteiger partial charge in [-0.05, 0) is 26.1 Å². The highest BCUT2D eigenvalue weighted by Crippen LogP contribution is 2.16. The van der Waals surface area contributed by atoms with Crippen molar-refractivity contribution in [3.8, 4) is 0 Å². The van der Waals surface area contributed by atoms with E-state index >= 15 is 0 Å². The molecule has 0 aliphatic carbocycles. The highest BCUT2D eigenvalue weighted by Gasteiger charge is 2.21. The van der Waals surface area contributed by atoms with E-state index in [1.54, 1.807) is 19.2 Å². The van der Waals surface area contributed by atoms with Crippen LogP contribution in [0.3, 0.4) is 0 Å². The van der Waals surface area contributed by atoms with Gasteiger partial charge in [0.25, 0.3) is 5.56 Å². The summed E-state index contributed by atoms with van der Waals surface area (Å²) in [6.45, 7) is 6.91. The quantitative estimate of drug-likeness (QED) is 0.770. The second-order valence-corrected chi connectivity index (χ2v) is 4.88. The third-order valence-corrected chi connectivity index (χ3v) is 3.50. The van der Waals surface area contributed by atoms with Crippen LogP contribution in [0.2, 0.25) is 0 Å². The average molecular weight is 277 g/mol. The van der Waals surface area contributed by atoms with E-state index in [9.17, 15) is 9.59 Å². The van der Waals surface area contributed by atoms with E-state index in [1.807, 2.05) is 6.92 Å². The van der Waals surface area contributed by atoms with Crippen molar-refractivity contribution >= 4 is 18.6 Å². The minimum Gasteiger partial charge on any atom is -0.381 e. The number of rotatable bonds is 4. The van der Waals surface area contributed by atoms with Crippen LogP contribution in [0.1, 0.15) is 18.9 Å². The molecule has 2 heterocycles. The van der Waals surface area contributed by atoms with Crippen LogP contribution in [0.5, 0.6) is 0 Å². The number of ether oxygens (including phenoxy) is 1. The Kier molecular flexibility index (Phi) is 4.34. The SMILES string of the molecule is C=Nc1c(/C=C\C)c(=O)n(CC2CCOC2)c(=O)n1C. The summed E-state index contributed by atoms with van der Waals surface area (Å²) in [7, 11) is 1.60. The van der Waals surface area contributed by atoms with Crippen LogP contribution in [0, 0.1) is 5.92 Å². The molecule has 1 atom stereocenters. The van der Waals surface area contributed by atoms with Crippen molar-refractivity contribution in [1.29, 1.82) is 0 Å². The largest absolute Gasteiger partial charge is 0.381 e. The molecule has 1 saturated heterocycles. The molecule has 1 aromatic rings. The summed E-state index contributed by atoms with van der Waals surface area (Å²) in [5.74, 6) is 0.512. The highest BCUT2D eigenvalue weighted by molar-refractivity contribution is 5.61. The molecule has 0 radical (unpaired) electrons. The van der Waals surface area contributed by atoms with Gasteiger partial charge in [0.15, 0.2) is 0 Å². The van der Waals surface area contributed by atoms with E-state index < -0.39 is 0 Å². The smallest absolute Gasteiger partial charge is 0.332 e. The van der Waals surface area contributed by atoms with Gasteiger partial charge in [0.1, 0.15) is 5.82 Å². The molecule has 20 heavy (non-hydrogen) atoms. The molecule has 1 aliphatic rings. The molecule has 2 rings (SSSR count). The zero-order chi connectivity index (χ0) is 14.7. The Hall–Kier alpha value is -1.95. The van der Waals surface area contributed by atoms with Crippen molar-refractivity contribution < 1.29 is 4.74 Å². The molecule has 0 bridgehead atoms. The Bertz CT molecular complexity index is 649. The zero-order valence-electron chi connectivity index (χ0n) is 11.8. The number of aromatic nitrogens is 2. The molecule has 0 N–H and O–H groups in total. The first-order valence-electron chi connectivity index (χ1n) is 6.61. The predicted molar refractivity (Wildman–Crippen MR) is 78.8 cm³/mol. The topological polar surface area (TPSA) is 65.6 Å². The molecule has 1 aromatic heterocycles. The van der Waals surface area contributed by atoms with Crippen LogP contribution in [0.15, 0.2) is 20.7 Å². The van der Waals surface area contributed by atoms with E-state index in [2.05, 4.69) is 11.7 Å². The first-order chi connectivity index (χ1) is 9.60. The number of nitrogens with zero attached hydrogens (tertiary/aromatic N) is 3. The summed E-state index contributed by atoms with van der Waals surface area (Å²) in [4.78, 5) is 28.6. The van der Waals surface area contributed by atoms with Crippen LogP contribution in [-0.2, 0) is 18.3 Å². The van der Waals surface area contributed by atoms with Gasteiger partial charge in [-0.15, -0.1) is 0 Å². The van der Waals surface area contributed by atoms with E-state index in [-0.39, 0.29) is 17.2 Å². The molecule has 1 aliphatic heterocycles. The first kappa shape index (κ1) is 14.5. The molecule has 0 aromatic carbocycles. The molecule has 0 saturated carbocycles. The van der Waals surface area contributed by atoms with Crippen molar-refractivity contribution in [3.63, 3.8) is 0 Å². The summed E-state index contributed by atoms with van der Waals surface area (Å²) in [6, 6.07) is 0. The fourth-order valence-corrected chi connectivity index (χ4v) is 2.43. The maximum absolute atomic E-state index is 12.5. The lowest BCUT2D eigenvalue weighted by molar-refractivity contribution is 0.181. The third-order valence-electron chi connectivity index (χ3n) is 3.50. The molecule has 0 spiro atoms. The van der Waals surface area contributed by atoms with Gasteiger partial charge in [-0.25, -0.2) is 9.79 Å². The zero-order valence-corrected chi connectivity index (χ0v) is 11.8. The normalized spacial score (nSPS) is 18.8. The van der Waals surface area contributed by atoms with Crippen LogP contribution in [0.25, 0.3) is 6.08 Å². The maximum atomic E-state index is 12.5. The van der Waals surface area contributed by atoms with Gasteiger partial charge in [-0.2, -0.15) is 0 Å². The standard InChI is InChI=1S/C14H19N3O3/c1-4-5-11-12(15-2)16(3)14(19)17(13(11)18)8-10-6-7-20-9-10/h4-5,10H,2,6-9H2,1,3H3/b5-4-. The van der Waals surface area contributed by atoms with Crippen LogP contribution in [0.4, 0.5) is 5.82 Å². The second-order valence-electron chi connectivity index (χ2n) is 4.88. The summed E-state index contributed by atoms with van der Waals surface area (Å²) in [5.41, 5.74) is -0.290. The molecule has 6 heteroatoms. The molecule has 6 nitrogen and oxygen atoms in total. The van der Waals surface area contributed by atoms with Crippen LogP contribution < -0.4 is 11.2 Å². The Morgan fingerprint density at radius 3 is 2.80 bits per heavy atom. The van der Waals surface area contributed by atoms with Gasteiger partial charge in [-0.3, -0.25) is 13.9 Å². The second kappa shape index (κ2) is 6.00. The fourth-order valence-electron chi connectivity index (χ4n) is 2.43. The fraction of sp³-hybridized carbons (Fsp3) is 0.500. The number of hydrogen-bond donors (Lipinski definition) is 0. The van der Waals surface area contributed by atoms with Crippen molar-refractivity contribution in [2.45, 2.75) is 19.9 Å². The molecule has 108 valence electrons. The Balaban J connectivity index is 2.59. The average Bonchev–Trinajstić information content (AvgIpc) is 2.94. The summed E-state index contributed by atoms with van der Waals surface area (Å²) >= 11 is 0. The lowest BCUT2D eigenvalue weighted by Gasteiger charge is -2.14.